The van der Waals surface area contributed by atoms with Crippen molar-refractivity contribution in [2.45, 2.75) is 13.8 Å². The molecule has 0 N–H and O–H groups in total. The van der Waals surface area contributed by atoms with Gasteiger partial charge in [-0.3, -0.25) is 0 Å². The van der Waals surface area contributed by atoms with Gasteiger partial charge in [-0.15, -0.1) is 0 Å². The molecule has 0 aromatic heterocycles. The molecule has 0 spiro atoms. The fraction of sp³-hybridized carbons (Fsp3) is 0.0833. The molecule has 0 radical (unpaired) electrons. The third-order valence-corrected chi connectivity index (χ3v) is 3.76. The molecule has 0 nitrogen and oxygen atoms in total. The third-order valence-electron chi connectivity index (χ3n) is 3.76. The molecule has 0 amide bonds. The summed E-state index contributed by atoms with van der Waals surface area (Å²) in [6.45, 7) is 7.52. The molecular formula is C24H24. The molecule has 0 heteroatoms. The Morgan fingerprint density at radius 2 is 1.42 bits per heavy atom. The normalized spacial score (nSPS) is 11.2. The molecule has 0 aliphatic rings. The van der Waals surface area contributed by atoms with Crippen molar-refractivity contribution in [3.8, 4) is 0 Å². The Morgan fingerprint density at radius 1 is 0.750 bits per heavy atom. The van der Waals surface area contributed by atoms with Crippen molar-refractivity contribution in [3.05, 3.63) is 115 Å². The Kier molecular flexibility index (Phi) is 6.79. The summed E-state index contributed by atoms with van der Waals surface area (Å²) in [4.78, 5) is 0. The minimum atomic E-state index is 1.26. The van der Waals surface area contributed by atoms with E-state index in [-0.39, 0.29) is 0 Å². The Bertz CT molecular complexity index is 836. The van der Waals surface area contributed by atoms with Crippen LogP contribution in [0.3, 0.4) is 0 Å². The van der Waals surface area contributed by atoms with Gasteiger partial charge >= 0.3 is 0 Å². The van der Waals surface area contributed by atoms with Gasteiger partial charge in [0.1, 0.15) is 0 Å². The van der Waals surface area contributed by atoms with Gasteiger partial charge in [0.15, 0.2) is 0 Å². The van der Waals surface area contributed by atoms with Gasteiger partial charge in [0.25, 0.3) is 0 Å². The zero-order chi connectivity index (χ0) is 17.2. The fourth-order valence-electron chi connectivity index (χ4n) is 2.61. The molecule has 3 aromatic rings. The van der Waals surface area contributed by atoms with Crippen LogP contribution in [0.15, 0.2) is 104 Å². The van der Waals surface area contributed by atoms with Crippen LogP contribution in [0.5, 0.6) is 0 Å². The lowest BCUT2D eigenvalue weighted by molar-refractivity contribution is 1.54. The van der Waals surface area contributed by atoms with Gasteiger partial charge in [-0.2, -0.15) is 0 Å². The fourth-order valence-corrected chi connectivity index (χ4v) is 2.61. The van der Waals surface area contributed by atoms with Gasteiger partial charge in [0.2, 0.25) is 0 Å². The lowest BCUT2D eigenvalue weighted by Crippen LogP contribution is -1.87. The van der Waals surface area contributed by atoms with E-state index in [2.05, 4.69) is 92.4 Å². The summed E-state index contributed by atoms with van der Waals surface area (Å²) in [5.74, 6) is 0. The SMILES string of the molecule is C/C=C(\c1ccccc1)c1ccc2ccccc2c1.C=C/C=C\C. The van der Waals surface area contributed by atoms with Crippen LogP contribution in [0.2, 0.25) is 0 Å². The number of allylic oxidation sites excluding steroid dienone is 4. The second kappa shape index (κ2) is 9.32. The first kappa shape index (κ1) is 17.5. The van der Waals surface area contributed by atoms with E-state index in [1.54, 1.807) is 6.08 Å². The molecule has 120 valence electrons. The van der Waals surface area contributed by atoms with Crippen molar-refractivity contribution in [2.75, 3.05) is 0 Å². The number of hydrogen-bond donors (Lipinski definition) is 0. The summed E-state index contributed by atoms with van der Waals surface area (Å²) in [6, 6.07) is 25.7. The van der Waals surface area contributed by atoms with E-state index >= 15 is 0 Å². The zero-order valence-corrected chi connectivity index (χ0v) is 14.4. The van der Waals surface area contributed by atoms with E-state index < -0.39 is 0 Å². The molecule has 0 heterocycles. The van der Waals surface area contributed by atoms with Gasteiger partial charge in [0, 0.05) is 0 Å². The molecule has 0 atom stereocenters. The molecule has 0 unspecified atom stereocenters. The summed E-state index contributed by atoms with van der Waals surface area (Å²) in [6.07, 6.45) is 7.76. The molecule has 3 rings (SSSR count). The minimum Gasteiger partial charge on any atom is -0.0991 e. The van der Waals surface area contributed by atoms with Crippen LogP contribution in [0.25, 0.3) is 16.3 Å². The second-order valence-corrected chi connectivity index (χ2v) is 5.39. The van der Waals surface area contributed by atoms with E-state index in [1.807, 2.05) is 19.1 Å². The quantitative estimate of drug-likeness (QED) is 0.455. The van der Waals surface area contributed by atoms with Crippen molar-refractivity contribution in [2.24, 2.45) is 0 Å². The largest absolute Gasteiger partial charge is 0.0991 e. The van der Waals surface area contributed by atoms with E-state index in [0.717, 1.165) is 0 Å². The number of rotatable bonds is 3. The van der Waals surface area contributed by atoms with Gasteiger partial charge in [0.05, 0.1) is 0 Å². The Labute approximate surface area is 145 Å². The standard InChI is InChI=1S/C19H16.C5H8/c1-2-19(16-9-4-3-5-10-16)18-13-12-15-8-6-7-11-17(15)14-18;1-3-5-4-2/h2-14H,1H3;3-5H,1H2,2H3/b19-2+;5-4-. The van der Waals surface area contributed by atoms with Crippen LogP contribution < -0.4 is 0 Å². The first-order valence-electron chi connectivity index (χ1n) is 8.24. The molecular weight excluding hydrogens is 288 g/mol. The van der Waals surface area contributed by atoms with Crippen LogP contribution >= 0.6 is 0 Å². The van der Waals surface area contributed by atoms with Gasteiger partial charge in [-0.1, -0.05) is 97.6 Å². The number of fused-ring (bicyclic) bond motifs is 1. The highest BCUT2D eigenvalue weighted by molar-refractivity contribution is 5.89. The Morgan fingerprint density at radius 3 is 2.00 bits per heavy atom. The Hall–Kier alpha value is -2.86. The van der Waals surface area contributed by atoms with Crippen LogP contribution in [0.4, 0.5) is 0 Å². The smallest absolute Gasteiger partial charge is 0.0154 e. The first-order chi connectivity index (χ1) is 11.8. The topological polar surface area (TPSA) is 0 Å². The number of benzene rings is 3. The van der Waals surface area contributed by atoms with Gasteiger partial charge in [-0.05, 0) is 47.4 Å². The first-order valence-corrected chi connectivity index (χ1v) is 8.24. The van der Waals surface area contributed by atoms with Crippen LogP contribution in [0, 0.1) is 0 Å². The van der Waals surface area contributed by atoms with Gasteiger partial charge < -0.3 is 0 Å². The van der Waals surface area contributed by atoms with E-state index in [0.29, 0.717) is 0 Å². The van der Waals surface area contributed by atoms with Crippen molar-refractivity contribution in [1.82, 2.24) is 0 Å². The maximum absolute atomic E-state index is 3.46. The third kappa shape index (κ3) is 4.57. The number of hydrogen-bond acceptors (Lipinski definition) is 0. The van der Waals surface area contributed by atoms with Crippen LogP contribution in [-0.4, -0.2) is 0 Å². The molecule has 0 aliphatic carbocycles. The molecule has 0 saturated heterocycles. The van der Waals surface area contributed by atoms with E-state index in [4.69, 9.17) is 0 Å². The maximum atomic E-state index is 3.46. The lowest BCUT2D eigenvalue weighted by atomic mass is 9.95. The summed E-state index contributed by atoms with van der Waals surface area (Å²) in [5, 5.41) is 2.57. The molecule has 24 heavy (non-hydrogen) atoms. The lowest BCUT2D eigenvalue weighted by Gasteiger charge is -2.09. The minimum absolute atomic E-state index is 1.26. The monoisotopic (exact) mass is 312 g/mol. The molecule has 0 bridgehead atoms. The second-order valence-electron chi connectivity index (χ2n) is 5.39. The molecule has 0 fully saturated rings. The highest BCUT2D eigenvalue weighted by Crippen LogP contribution is 2.26. The summed E-state index contributed by atoms with van der Waals surface area (Å²) in [5.41, 5.74) is 3.82. The van der Waals surface area contributed by atoms with Crippen LogP contribution in [0.1, 0.15) is 25.0 Å². The van der Waals surface area contributed by atoms with E-state index in [9.17, 15) is 0 Å². The van der Waals surface area contributed by atoms with Crippen LogP contribution in [-0.2, 0) is 0 Å². The van der Waals surface area contributed by atoms with Crippen molar-refractivity contribution in [3.63, 3.8) is 0 Å². The highest BCUT2D eigenvalue weighted by Gasteiger charge is 2.04. The predicted molar refractivity (Wildman–Crippen MR) is 108 cm³/mol. The molecule has 0 saturated carbocycles. The maximum Gasteiger partial charge on any atom is -0.0154 e. The summed E-state index contributed by atoms with van der Waals surface area (Å²) in [7, 11) is 0. The average Bonchev–Trinajstić information content (AvgIpc) is 2.64. The summed E-state index contributed by atoms with van der Waals surface area (Å²) >= 11 is 0. The predicted octanol–water partition coefficient (Wildman–Crippen LogP) is 7.04. The van der Waals surface area contributed by atoms with Crippen molar-refractivity contribution in [1.29, 1.82) is 0 Å². The summed E-state index contributed by atoms with van der Waals surface area (Å²) < 4.78 is 0. The molecule has 0 aliphatic heterocycles. The van der Waals surface area contributed by atoms with Crippen molar-refractivity contribution >= 4 is 16.3 Å². The average molecular weight is 312 g/mol. The molecule has 3 aromatic carbocycles. The zero-order valence-electron chi connectivity index (χ0n) is 14.4. The highest BCUT2D eigenvalue weighted by atomic mass is 14.1. The van der Waals surface area contributed by atoms with Gasteiger partial charge in [-0.25, -0.2) is 0 Å². The van der Waals surface area contributed by atoms with Crippen molar-refractivity contribution < 1.29 is 0 Å². The Balaban J connectivity index is 0.000000368. The van der Waals surface area contributed by atoms with E-state index in [1.165, 1.54) is 27.5 Å².